The Balaban J connectivity index is 1.90. The van der Waals surface area contributed by atoms with Crippen molar-refractivity contribution in [2.75, 3.05) is 13.1 Å². The molecule has 2 fully saturated rings. The van der Waals surface area contributed by atoms with E-state index < -0.39 is 5.97 Å². The van der Waals surface area contributed by atoms with E-state index in [9.17, 15) is 9.59 Å². The van der Waals surface area contributed by atoms with Gasteiger partial charge in [-0.05, 0) is 50.4 Å². The summed E-state index contributed by atoms with van der Waals surface area (Å²) in [7, 11) is 0. The van der Waals surface area contributed by atoms with Crippen molar-refractivity contribution in [2.24, 2.45) is 11.8 Å². The first-order valence-corrected chi connectivity index (χ1v) is 9.28. The second kappa shape index (κ2) is 9.86. The van der Waals surface area contributed by atoms with Crippen molar-refractivity contribution in [3.63, 3.8) is 0 Å². The van der Waals surface area contributed by atoms with Crippen LogP contribution in [0.1, 0.15) is 64.2 Å². The van der Waals surface area contributed by atoms with Crippen molar-refractivity contribution >= 4 is 12.3 Å². The maximum Gasteiger partial charge on any atom is 0.327 e. The lowest BCUT2D eigenvalue weighted by Gasteiger charge is -2.32. The number of carbonyl (C=O) groups excluding carboxylic acids is 1. The number of carboxylic acids is 1. The highest BCUT2D eigenvalue weighted by atomic mass is 16.4. The van der Waals surface area contributed by atoms with Gasteiger partial charge in [-0.3, -0.25) is 4.90 Å². The number of allylic oxidation sites excluding steroid dienone is 1. The zero-order chi connectivity index (χ0) is 16.5. The summed E-state index contributed by atoms with van der Waals surface area (Å²) in [4.78, 5) is 24.6. The molecular formula is C19H31NO3. The maximum absolute atomic E-state index is 11.6. The van der Waals surface area contributed by atoms with Gasteiger partial charge >= 0.3 is 5.97 Å². The number of carbonyl (C=O) groups is 2. The van der Waals surface area contributed by atoms with E-state index in [-0.39, 0.29) is 6.04 Å². The fourth-order valence-corrected chi connectivity index (χ4v) is 4.18. The van der Waals surface area contributed by atoms with Crippen LogP contribution < -0.4 is 0 Å². The fourth-order valence-electron chi connectivity index (χ4n) is 4.18. The van der Waals surface area contributed by atoms with Crippen LogP contribution in [-0.2, 0) is 9.59 Å². The lowest BCUT2D eigenvalue weighted by Crippen LogP contribution is -2.42. The predicted molar refractivity (Wildman–Crippen MR) is 91.4 cm³/mol. The van der Waals surface area contributed by atoms with Crippen LogP contribution in [0.4, 0.5) is 0 Å². The highest BCUT2D eigenvalue weighted by Crippen LogP contribution is 2.30. The number of aliphatic carboxylic acids is 1. The Hall–Kier alpha value is -1.16. The van der Waals surface area contributed by atoms with Gasteiger partial charge in [0.1, 0.15) is 6.29 Å². The van der Waals surface area contributed by atoms with Gasteiger partial charge in [-0.2, -0.15) is 0 Å². The molecule has 2 rings (SSSR count). The second-order valence-electron chi connectivity index (χ2n) is 7.28. The number of rotatable bonds is 10. The second-order valence-corrected chi connectivity index (χ2v) is 7.28. The number of hydrogen-bond acceptors (Lipinski definition) is 3. The van der Waals surface area contributed by atoms with Crippen LogP contribution >= 0.6 is 0 Å². The molecule has 0 amide bonds. The molecule has 2 aliphatic rings. The van der Waals surface area contributed by atoms with E-state index in [1.54, 1.807) is 6.08 Å². The van der Waals surface area contributed by atoms with Gasteiger partial charge in [0.15, 0.2) is 0 Å². The molecule has 1 atom stereocenters. The van der Waals surface area contributed by atoms with Crippen LogP contribution in [0.25, 0.3) is 0 Å². The van der Waals surface area contributed by atoms with Crippen LogP contribution in [0, 0.1) is 11.8 Å². The Bertz CT molecular complexity index is 377. The van der Waals surface area contributed by atoms with E-state index in [0.29, 0.717) is 6.42 Å². The van der Waals surface area contributed by atoms with Gasteiger partial charge in [-0.15, -0.1) is 0 Å². The van der Waals surface area contributed by atoms with Crippen LogP contribution in [0.3, 0.4) is 0 Å². The molecule has 2 aliphatic carbocycles. The smallest absolute Gasteiger partial charge is 0.327 e. The van der Waals surface area contributed by atoms with E-state index in [1.165, 1.54) is 57.4 Å². The van der Waals surface area contributed by atoms with Crippen molar-refractivity contribution in [3.8, 4) is 0 Å². The first kappa shape index (κ1) is 18.2. The molecule has 0 aliphatic heterocycles. The Kier molecular flexibility index (Phi) is 7.80. The summed E-state index contributed by atoms with van der Waals surface area (Å²) >= 11 is 0. The number of aldehydes is 1. The van der Waals surface area contributed by atoms with Gasteiger partial charge in [-0.1, -0.05) is 31.8 Å². The molecular weight excluding hydrogens is 290 g/mol. The summed E-state index contributed by atoms with van der Waals surface area (Å²) in [5, 5.41) is 8.66. The third-order valence-electron chi connectivity index (χ3n) is 5.45. The molecule has 2 saturated carbocycles. The Morgan fingerprint density at radius 1 is 1.04 bits per heavy atom. The molecule has 1 unspecified atom stereocenters. The molecule has 0 bridgehead atoms. The summed E-state index contributed by atoms with van der Waals surface area (Å²) in [6.07, 6.45) is 15.8. The van der Waals surface area contributed by atoms with E-state index in [0.717, 1.165) is 37.6 Å². The SMILES string of the molecule is O=CC(CCC=CC(=O)O)N(CC1CCCC1)CC1CCCC1. The average molecular weight is 321 g/mol. The minimum Gasteiger partial charge on any atom is -0.478 e. The first-order chi connectivity index (χ1) is 11.2. The summed E-state index contributed by atoms with van der Waals surface area (Å²) in [6.45, 7) is 2.09. The first-order valence-electron chi connectivity index (χ1n) is 9.28. The largest absolute Gasteiger partial charge is 0.478 e. The standard InChI is InChI=1S/C19H31NO3/c21-15-18(11-5-6-12-19(22)23)20(13-16-7-1-2-8-16)14-17-9-3-4-10-17/h6,12,15-18H,1-5,7-11,13-14H2,(H,22,23). The van der Waals surface area contributed by atoms with Crippen molar-refractivity contribution in [1.82, 2.24) is 4.90 Å². The summed E-state index contributed by atoms with van der Waals surface area (Å²) in [5.74, 6) is 0.572. The molecule has 0 aromatic heterocycles. The lowest BCUT2D eigenvalue weighted by atomic mass is 10.0. The Labute approximate surface area is 139 Å². The topological polar surface area (TPSA) is 57.6 Å². The van der Waals surface area contributed by atoms with E-state index in [1.807, 2.05) is 0 Å². The van der Waals surface area contributed by atoms with Crippen molar-refractivity contribution in [2.45, 2.75) is 70.3 Å². The van der Waals surface area contributed by atoms with Gasteiger partial charge in [0, 0.05) is 19.2 Å². The maximum atomic E-state index is 11.6. The van der Waals surface area contributed by atoms with Crippen LogP contribution in [0.15, 0.2) is 12.2 Å². The van der Waals surface area contributed by atoms with Crippen molar-refractivity contribution in [3.05, 3.63) is 12.2 Å². The molecule has 0 saturated heterocycles. The molecule has 0 aromatic rings. The van der Waals surface area contributed by atoms with E-state index in [2.05, 4.69) is 4.90 Å². The number of carboxylic acid groups (broad SMARTS) is 1. The minimum atomic E-state index is -0.915. The molecule has 23 heavy (non-hydrogen) atoms. The van der Waals surface area contributed by atoms with Crippen LogP contribution in [0.5, 0.6) is 0 Å². The average Bonchev–Trinajstić information content (AvgIpc) is 3.20. The third kappa shape index (κ3) is 6.46. The lowest BCUT2D eigenvalue weighted by molar-refractivity contribution is -0.131. The highest BCUT2D eigenvalue weighted by molar-refractivity contribution is 5.79. The summed E-state index contributed by atoms with van der Waals surface area (Å²) in [5.41, 5.74) is 0. The monoisotopic (exact) mass is 321 g/mol. The highest BCUT2D eigenvalue weighted by Gasteiger charge is 2.27. The van der Waals surface area contributed by atoms with Crippen molar-refractivity contribution < 1.29 is 14.7 Å². The van der Waals surface area contributed by atoms with Crippen LogP contribution in [0.2, 0.25) is 0 Å². The zero-order valence-electron chi connectivity index (χ0n) is 14.2. The normalized spacial score (nSPS) is 21.4. The molecule has 4 heteroatoms. The van der Waals surface area contributed by atoms with Gasteiger partial charge in [0.25, 0.3) is 0 Å². The third-order valence-corrected chi connectivity index (χ3v) is 5.45. The molecule has 1 N–H and O–H groups in total. The molecule has 0 heterocycles. The quantitative estimate of drug-likeness (QED) is 0.493. The molecule has 4 nitrogen and oxygen atoms in total. The minimum absolute atomic E-state index is 0.0605. The summed E-state index contributed by atoms with van der Waals surface area (Å²) < 4.78 is 0. The molecule has 0 radical (unpaired) electrons. The Morgan fingerprint density at radius 2 is 1.57 bits per heavy atom. The van der Waals surface area contributed by atoms with Gasteiger partial charge in [0.2, 0.25) is 0 Å². The van der Waals surface area contributed by atoms with Gasteiger partial charge in [-0.25, -0.2) is 4.79 Å². The van der Waals surface area contributed by atoms with Gasteiger partial charge in [0.05, 0.1) is 6.04 Å². The fraction of sp³-hybridized carbons (Fsp3) is 0.789. The number of hydrogen-bond donors (Lipinski definition) is 1. The predicted octanol–water partition coefficient (Wildman–Crippen LogP) is 3.66. The summed E-state index contributed by atoms with van der Waals surface area (Å²) in [6, 6.07) is -0.0605. The van der Waals surface area contributed by atoms with E-state index >= 15 is 0 Å². The number of nitrogens with zero attached hydrogens (tertiary/aromatic N) is 1. The molecule has 0 aromatic carbocycles. The molecule has 130 valence electrons. The van der Waals surface area contributed by atoms with Gasteiger partial charge < -0.3 is 9.90 Å². The van der Waals surface area contributed by atoms with Crippen molar-refractivity contribution in [1.29, 1.82) is 0 Å². The zero-order valence-corrected chi connectivity index (χ0v) is 14.2. The Morgan fingerprint density at radius 3 is 2.00 bits per heavy atom. The van der Waals surface area contributed by atoms with E-state index in [4.69, 9.17) is 5.11 Å². The molecule has 0 spiro atoms. The van der Waals surface area contributed by atoms with Crippen LogP contribution in [-0.4, -0.2) is 41.4 Å².